The molecule has 0 atom stereocenters. The topological polar surface area (TPSA) is 52.0 Å². The smallest absolute Gasteiger partial charge is 0.147 e. The molecular formula is C12H13Cl2FN2O2S. The molecule has 2 rings (SSSR count). The lowest BCUT2D eigenvalue weighted by atomic mass is 10.3. The molecule has 0 unspecified atom stereocenters. The maximum atomic E-state index is 13.4. The van der Waals surface area contributed by atoms with Crippen molar-refractivity contribution in [3.05, 3.63) is 28.8 Å². The van der Waals surface area contributed by atoms with Crippen LogP contribution in [0.3, 0.4) is 0 Å². The number of imidazole rings is 1. The first-order valence-electron chi connectivity index (χ1n) is 5.89. The molecule has 1 aromatic carbocycles. The Morgan fingerprint density at radius 1 is 1.40 bits per heavy atom. The Kier molecular flexibility index (Phi) is 4.56. The van der Waals surface area contributed by atoms with Crippen LogP contribution < -0.4 is 0 Å². The van der Waals surface area contributed by atoms with Crippen molar-refractivity contribution >= 4 is 44.1 Å². The fraction of sp³-hybridized carbons (Fsp3) is 0.417. The maximum Gasteiger partial charge on any atom is 0.147 e. The molecule has 1 heterocycles. The van der Waals surface area contributed by atoms with Crippen LogP contribution in [-0.4, -0.2) is 30.0 Å². The molecule has 0 bridgehead atoms. The van der Waals surface area contributed by atoms with E-state index in [0.717, 1.165) is 0 Å². The minimum absolute atomic E-state index is 0.00267. The molecule has 0 N–H and O–H groups in total. The summed E-state index contributed by atoms with van der Waals surface area (Å²) in [6.07, 6.45) is 1.62. The van der Waals surface area contributed by atoms with Crippen LogP contribution in [0.15, 0.2) is 12.1 Å². The van der Waals surface area contributed by atoms with Gasteiger partial charge in [0.1, 0.15) is 21.5 Å². The summed E-state index contributed by atoms with van der Waals surface area (Å²) in [5.41, 5.74) is 1.11. The highest BCUT2D eigenvalue weighted by Gasteiger charge is 2.13. The van der Waals surface area contributed by atoms with E-state index in [1.807, 2.05) is 0 Å². The van der Waals surface area contributed by atoms with Gasteiger partial charge in [-0.1, -0.05) is 11.6 Å². The predicted octanol–water partition coefficient (Wildman–Crippen LogP) is 3.00. The zero-order valence-corrected chi connectivity index (χ0v) is 13.1. The molecule has 0 spiro atoms. The van der Waals surface area contributed by atoms with Gasteiger partial charge in [-0.2, -0.15) is 0 Å². The van der Waals surface area contributed by atoms with Crippen LogP contribution in [0.2, 0.25) is 5.02 Å². The van der Waals surface area contributed by atoms with Gasteiger partial charge in [0.25, 0.3) is 0 Å². The normalized spacial score (nSPS) is 12.2. The lowest BCUT2D eigenvalue weighted by Crippen LogP contribution is -2.09. The standard InChI is InChI=1S/C12H13Cl2FN2O2S/c1-20(18,19)4-2-3-17-11-5-8(14)9(15)6-10(11)16-12(17)7-13/h5-6H,2-4,7H2,1H3. The molecule has 4 nitrogen and oxygen atoms in total. The van der Waals surface area contributed by atoms with Gasteiger partial charge in [-0.25, -0.2) is 17.8 Å². The molecule has 0 aliphatic heterocycles. The van der Waals surface area contributed by atoms with E-state index in [1.54, 1.807) is 4.57 Å². The Morgan fingerprint density at radius 3 is 2.70 bits per heavy atom. The summed E-state index contributed by atoms with van der Waals surface area (Å²) in [6.45, 7) is 0.438. The van der Waals surface area contributed by atoms with Gasteiger partial charge in [0.05, 0.1) is 27.7 Å². The summed E-state index contributed by atoms with van der Waals surface area (Å²) >= 11 is 11.6. The fourth-order valence-electron chi connectivity index (χ4n) is 2.01. The van der Waals surface area contributed by atoms with E-state index in [2.05, 4.69) is 4.98 Å². The number of fused-ring (bicyclic) bond motifs is 1. The molecule has 0 fully saturated rings. The van der Waals surface area contributed by atoms with Gasteiger partial charge >= 0.3 is 0 Å². The Labute approximate surface area is 126 Å². The van der Waals surface area contributed by atoms with Crippen molar-refractivity contribution in [2.24, 2.45) is 0 Å². The van der Waals surface area contributed by atoms with Crippen molar-refractivity contribution in [3.8, 4) is 0 Å². The first-order chi connectivity index (χ1) is 9.31. The van der Waals surface area contributed by atoms with Gasteiger partial charge in [-0.15, -0.1) is 11.6 Å². The maximum absolute atomic E-state index is 13.4. The van der Waals surface area contributed by atoms with E-state index in [-0.39, 0.29) is 16.7 Å². The van der Waals surface area contributed by atoms with Crippen LogP contribution >= 0.6 is 23.2 Å². The molecule has 0 saturated heterocycles. The molecule has 8 heteroatoms. The number of halogens is 3. The lowest BCUT2D eigenvalue weighted by Gasteiger charge is -2.07. The number of sulfone groups is 1. The summed E-state index contributed by atoms with van der Waals surface area (Å²) < 4.78 is 37.5. The molecule has 0 aliphatic rings. The van der Waals surface area contributed by atoms with Crippen LogP contribution in [0.25, 0.3) is 11.0 Å². The average molecular weight is 339 g/mol. The zero-order chi connectivity index (χ0) is 14.9. The predicted molar refractivity (Wildman–Crippen MR) is 78.6 cm³/mol. The molecule has 0 radical (unpaired) electrons. The van der Waals surface area contributed by atoms with Crippen molar-refractivity contribution in [2.45, 2.75) is 18.8 Å². The van der Waals surface area contributed by atoms with Crippen molar-refractivity contribution in [3.63, 3.8) is 0 Å². The quantitative estimate of drug-likeness (QED) is 0.787. The Hall–Kier alpha value is -0.850. The Morgan fingerprint density at radius 2 is 2.10 bits per heavy atom. The van der Waals surface area contributed by atoms with Crippen LogP contribution in [0.1, 0.15) is 12.2 Å². The molecule has 0 amide bonds. The van der Waals surface area contributed by atoms with Crippen LogP contribution in [0, 0.1) is 5.82 Å². The third-order valence-corrected chi connectivity index (χ3v) is 4.44. The third kappa shape index (κ3) is 3.42. The largest absolute Gasteiger partial charge is 0.327 e. The number of alkyl halides is 1. The van der Waals surface area contributed by atoms with Gasteiger partial charge in [-0.3, -0.25) is 0 Å². The van der Waals surface area contributed by atoms with Crippen molar-refractivity contribution in [2.75, 3.05) is 12.0 Å². The second-order valence-corrected chi connectivity index (χ2v) is 7.49. The molecule has 1 aromatic heterocycles. The van der Waals surface area contributed by atoms with E-state index < -0.39 is 15.7 Å². The monoisotopic (exact) mass is 338 g/mol. The number of aromatic nitrogens is 2. The number of hydrogen-bond acceptors (Lipinski definition) is 3. The minimum Gasteiger partial charge on any atom is -0.327 e. The number of nitrogens with zero attached hydrogens (tertiary/aromatic N) is 2. The highest BCUT2D eigenvalue weighted by Crippen LogP contribution is 2.24. The Bertz CT molecular complexity index is 743. The first-order valence-corrected chi connectivity index (χ1v) is 8.87. The summed E-state index contributed by atoms with van der Waals surface area (Å²) in [7, 11) is -3.02. The fourth-order valence-corrected chi connectivity index (χ4v) is 3.02. The van der Waals surface area contributed by atoms with E-state index in [0.29, 0.717) is 29.8 Å². The number of aryl methyl sites for hydroxylation is 1. The SMILES string of the molecule is CS(=O)(=O)CCCn1c(CCl)nc2cc(F)c(Cl)cc21. The first kappa shape index (κ1) is 15.5. The van der Waals surface area contributed by atoms with Gasteiger partial charge in [0, 0.05) is 18.9 Å². The second kappa shape index (κ2) is 5.87. The average Bonchev–Trinajstić information content (AvgIpc) is 2.66. The highest BCUT2D eigenvalue weighted by molar-refractivity contribution is 7.90. The lowest BCUT2D eigenvalue weighted by molar-refractivity contribution is 0.591. The summed E-state index contributed by atoms with van der Waals surface area (Å²) in [5.74, 6) is 0.258. The van der Waals surface area contributed by atoms with Crippen molar-refractivity contribution in [1.29, 1.82) is 0 Å². The molecule has 20 heavy (non-hydrogen) atoms. The molecule has 2 aromatic rings. The highest BCUT2D eigenvalue weighted by atomic mass is 35.5. The van der Waals surface area contributed by atoms with E-state index in [9.17, 15) is 12.8 Å². The van der Waals surface area contributed by atoms with Crippen LogP contribution in [0.4, 0.5) is 4.39 Å². The van der Waals surface area contributed by atoms with E-state index in [4.69, 9.17) is 23.2 Å². The van der Waals surface area contributed by atoms with Crippen LogP contribution in [-0.2, 0) is 22.3 Å². The number of benzene rings is 1. The zero-order valence-electron chi connectivity index (χ0n) is 10.7. The van der Waals surface area contributed by atoms with Crippen molar-refractivity contribution < 1.29 is 12.8 Å². The molecular weight excluding hydrogens is 326 g/mol. The molecule has 0 aliphatic carbocycles. The third-order valence-electron chi connectivity index (χ3n) is 2.89. The van der Waals surface area contributed by atoms with Gasteiger partial charge in [0.15, 0.2) is 0 Å². The van der Waals surface area contributed by atoms with Crippen molar-refractivity contribution in [1.82, 2.24) is 9.55 Å². The van der Waals surface area contributed by atoms with Crippen LogP contribution in [0.5, 0.6) is 0 Å². The van der Waals surface area contributed by atoms with Gasteiger partial charge in [-0.05, 0) is 12.5 Å². The number of rotatable bonds is 5. The summed E-state index contributed by atoms with van der Waals surface area (Å²) in [4.78, 5) is 4.23. The number of hydrogen-bond donors (Lipinski definition) is 0. The summed E-state index contributed by atoms with van der Waals surface area (Å²) in [5, 5.41) is 0.00267. The minimum atomic E-state index is -3.02. The summed E-state index contributed by atoms with van der Waals surface area (Å²) in [6, 6.07) is 2.73. The van der Waals surface area contributed by atoms with Gasteiger partial charge in [0.2, 0.25) is 0 Å². The second-order valence-electron chi connectivity index (χ2n) is 4.55. The van der Waals surface area contributed by atoms with E-state index >= 15 is 0 Å². The van der Waals surface area contributed by atoms with Gasteiger partial charge < -0.3 is 4.57 Å². The Balaban J connectivity index is 2.37. The molecule has 0 saturated carbocycles. The van der Waals surface area contributed by atoms with E-state index in [1.165, 1.54) is 18.4 Å². The molecule has 110 valence electrons.